The van der Waals surface area contributed by atoms with E-state index in [-0.39, 0.29) is 38.0 Å². The molecule has 4 aromatic rings. The maximum Gasteiger partial charge on any atom is 0.410 e. The molecule has 1 aliphatic heterocycles. The number of aromatic nitrogens is 2. The number of amides is 5. The summed E-state index contributed by atoms with van der Waals surface area (Å²) >= 11 is 4.16. The van der Waals surface area contributed by atoms with Crippen LogP contribution in [-0.2, 0) is 40.3 Å². The second-order valence-corrected chi connectivity index (χ2v) is 18.4. The molecule has 1 aliphatic rings. The molecule has 0 bridgehead atoms. The summed E-state index contributed by atoms with van der Waals surface area (Å²) in [5.41, 5.74) is 5.89. The molecule has 2 aromatic carbocycles. The second kappa shape index (κ2) is 23.2. The van der Waals surface area contributed by atoms with Crippen molar-refractivity contribution < 1.29 is 33.8 Å². The lowest BCUT2D eigenvalue weighted by Gasteiger charge is -2.35. The highest BCUT2D eigenvalue weighted by Crippen LogP contribution is 2.36. The van der Waals surface area contributed by atoms with Crippen molar-refractivity contribution in [1.29, 1.82) is 0 Å². The number of benzene rings is 2. The van der Waals surface area contributed by atoms with E-state index in [1.807, 2.05) is 101 Å². The van der Waals surface area contributed by atoms with E-state index >= 15 is 0 Å². The van der Waals surface area contributed by atoms with E-state index in [2.05, 4.69) is 36.6 Å². The van der Waals surface area contributed by atoms with Crippen LogP contribution in [0.3, 0.4) is 0 Å². The Labute approximate surface area is 369 Å². The summed E-state index contributed by atoms with van der Waals surface area (Å²) < 4.78 is 10.9. The van der Waals surface area contributed by atoms with E-state index in [9.17, 15) is 24.3 Å². The Hall–Kier alpha value is -5.17. The Balaban J connectivity index is 1.23. The predicted octanol–water partition coefficient (Wildman–Crippen LogP) is 6.39. The highest BCUT2D eigenvalue weighted by atomic mass is 32.2. The molecule has 0 spiro atoms. The zero-order chi connectivity index (χ0) is 43.8. The van der Waals surface area contributed by atoms with Crippen LogP contribution in [0.25, 0.3) is 0 Å². The fraction of sp³-hybridized carbons (Fsp3) is 0.442. The van der Waals surface area contributed by atoms with Crippen LogP contribution in [0, 0.1) is 11.8 Å². The number of thioether (sulfide) groups is 1. The van der Waals surface area contributed by atoms with E-state index in [1.165, 1.54) is 34.4 Å². The molecule has 0 saturated heterocycles. The van der Waals surface area contributed by atoms with Crippen LogP contribution in [0.1, 0.15) is 61.9 Å². The molecule has 328 valence electrons. The number of nitrogens with one attached hydrogen (secondary N) is 5. The minimum absolute atomic E-state index is 0.0452. The summed E-state index contributed by atoms with van der Waals surface area (Å²) in [6, 6.07) is 16.4. The molecule has 1 unspecified atom stereocenters. The van der Waals surface area contributed by atoms with Crippen molar-refractivity contribution in [3.63, 3.8) is 0 Å². The maximum atomic E-state index is 14.2. The number of carbonyl (C=O) groups excluding carboxylic acids is 4. The van der Waals surface area contributed by atoms with E-state index < -0.39 is 53.3 Å². The first-order valence-corrected chi connectivity index (χ1v) is 22.9. The fourth-order valence-corrected chi connectivity index (χ4v) is 8.66. The molecule has 6 N–H and O–H groups in total. The van der Waals surface area contributed by atoms with E-state index in [0.29, 0.717) is 25.1 Å². The second-order valence-electron chi connectivity index (χ2n) is 15.3. The molecule has 0 saturated carbocycles. The van der Waals surface area contributed by atoms with Gasteiger partial charge in [-0.25, -0.2) is 14.4 Å². The number of carbonyl (C=O) groups is 4. The number of thiazole rings is 2. The normalized spacial score (nSPS) is 16.7. The molecule has 15 nitrogen and oxygen atoms in total. The van der Waals surface area contributed by atoms with Crippen LogP contribution < -0.4 is 26.6 Å². The topological polar surface area (TPSA) is 196 Å². The molecule has 0 aliphatic carbocycles. The van der Waals surface area contributed by atoms with E-state index in [1.54, 1.807) is 28.3 Å². The average Bonchev–Trinajstić information content (AvgIpc) is 4.05. The van der Waals surface area contributed by atoms with Crippen LogP contribution in [-0.4, -0.2) is 86.4 Å². The first-order valence-electron chi connectivity index (χ1n) is 20.2. The van der Waals surface area contributed by atoms with Crippen LogP contribution in [0.4, 0.5) is 14.4 Å². The first-order chi connectivity index (χ1) is 29.3. The fourth-order valence-electron chi connectivity index (χ4n) is 6.59. The number of alkyl carbamates (subject to hydrolysis) is 2. The van der Waals surface area contributed by atoms with Crippen molar-refractivity contribution >= 4 is 58.6 Å². The maximum absolute atomic E-state index is 14.2. The molecule has 0 radical (unpaired) electrons. The zero-order valence-electron chi connectivity index (χ0n) is 35.0. The van der Waals surface area contributed by atoms with E-state index in [4.69, 9.17) is 9.47 Å². The monoisotopic (exact) mass is 892 g/mol. The summed E-state index contributed by atoms with van der Waals surface area (Å²) in [4.78, 5) is 64.2. The highest BCUT2D eigenvalue weighted by molar-refractivity contribution is 8.03. The van der Waals surface area contributed by atoms with Crippen LogP contribution >= 0.6 is 34.4 Å². The van der Waals surface area contributed by atoms with Gasteiger partial charge in [0.15, 0.2) is 4.99 Å². The lowest BCUT2D eigenvalue weighted by molar-refractivity contribution is -0.124. The summed E-state index contributed by atoms with van der Waals surface area (Å²) in [6.45, 7) is 10.2. The van der Waals surface area contributed by atoms with Crippen LogP contribution in [0.2, 0.25) is 0 Å². The molecule has 5 atom stereocenters. The van der Waals surface area contributed by atoms with Gasteiger partial charge < -0.3 is 40.7 Å². The molecule has 5 amide bonds. The number of nitrogens with zero attached hydrogens (tertiary/aromatic N) is 3. The summed E-state index contributed by atoms with van der Waals surface area (Å²) in [7, 11) is 0. The third-order valence-electron chi connectivity index (χ3n) is 10.0. The van der Waals surface area contributed by atoms with Crippen molar-refractivity contribution in [2.45, 2.75) is 96.3 Å². The number of aliphatic hydroxyl groups excluding tert-OH is 1. The van der Waals surface area contributed by atoms with Gasteiger partial charge in [0, 0.05) is 36.6 Å². The highest BCUT2D eigenvalue weighted by Gasteiger charge is 2.41. The molecule has 2 aromatic heterocycles. The lowest BCUT2D eigenvalue weighted by atomic mass is 9.93. The smallest absolute Gasteiger partial charge is 0.410 e. The molecule has 0 fully saturated rings. The Kier molecular flexibility index (Phi) is 17.8. The van der Waals surface area contributed by atoms with Gasteiger partial charge in [-0.1, -0.05) is 100 Å². The Morgan fingerprint density at radius 2 is 1.41 bits per heavy atom. The van der Waals surface area contributed by atoms with Gasteiger partial charge in [-0.3, -0.25) is 20.1 Å². The van der Waals surface area contributed by atoms with Gasteiger partial charge >= 0.3 is 18.2 Å². The number of aliphatic hydroxyl groups is 1. The van der Waals surface area contributed by atoms with Crippen molar-refractivity contribution in [3.05, 3.63) is 116 Å². The van der Waals surface area contributed by atoms with Gasteiger partial charge in [-0.15, -0.1) is 22.7 Å². The largest absolute Gasteiger partial charge is 0.444 e. The average molecular weight is 893 g/mol. The Bertz CT molecular complexity index is 2010. The van der Waals surface area contributed by atoms with E-state index in [0.717, 1.165) is 20.9 Å². The first kappa shape index (κ1) is 46.9. The van der Waals surface area contributed by atoms with Gasteiger partial charge in [0.05, 0.1) is 39.5 Å². The van der Waals surface area contributed by atoms with Crippen LogP contribution in [0.5, 0.6) is 0 Å². The SMILES string of the molecule is CCN(CC1=CSC(NC(=O)OCc2cncs2)(C(C)C)N1)C(=O)N[C@H](C(=O)N[C@@H](Cc1ccccc1)C[C@H](O)[C@H](Cc1ccccc1)NC(=O)OCc1cncs1)C(C)C. The van der Waals surface area contributed by atoms with Gasteiger partial charge in [0.1, 0.15) is 19.3 Å². The molecule has 18 heteroatoms. The zero-order valence-corrected chi connectivity index (χ0v) is 37.5. The van der Waals surface area contributed by atoms with Gasteiger partial charge in [0.2, 0.25) is 5.91 Å². The van der Waals surface area contributed by atoms with Crippen molar-refractivity contribution in [2.75, 3.05) is 13.1 Å². The minimum Gasteiger partial charge on any atom is -0.444 e. The van der Waals surface area contributed by atoms with Crippen molar-refractivity contribution in [3.8, 4) is 0 Å². The summed E-state index contributed by atoms with van der Waals surface area (Å²) in [5, 5.41) is 29.0. The van der Waals surface area contributed by atoms with Crippen molar-refractivity contribution in [1.82, 2.24) is 41.5 Å². The standard InChI is InChI=1S/C43H56N8O7S3/c1-6-51(22-33-25-61-43(49-33,29(4)5)50-42(56)58-24-35-21-45-27-60-35)40(54)48-38(28(2)3)39(53)46-32(17-30-13-9-7-10-14-30)19-37(52)36(18-31-15-11-8-12-16-31)47-41(55)57-23-34-20-44-26-59-34/h7-16,20-21,25-29,32,36-38,49,52H,6,17-19,22-24H2,1-5H3,(H,46,53)(H,47,55)(H,48,54)(H,50,56)/t32-,36-,37-,38-,43?/m0/s1. The lowest BCUT2D eigenvalue weighted by Crippen LogP contribution is -2.59. The molecule has 3 heterocycles. The quantitative estimate of drug-likeness (QED) is 0.0543. The Morgan fingerprint density at radius 3 is 1.95 bits per heavy atom. The predicted molar refractivity (Wildman–Crippen MR) is 238 cm³/mol. The Morgan fingerprint density at radius 1 is 0.820 bits per heavy atom. The molecule has 5 rings (SSSR count). The number of hydrogen-bond donors (Lipinski definition) is 6. The number of hydrogen-bond acceptors (Lipinski definition) is 13. The van der Waals surface area contributed by atoms with Crippen molar-refractivity contribution in [2.24, 2.45) is 11.8 Å². The number of likely N-dealkylation sites (N-methyl/N-ethyl adjacent to an activating group) is 1. The molecular formula is C43H56N8O7S3. The van der Waals surface area contributed by atoms with Crippen LogP contribution in [0.15, 0.2) is 95.2 Å². The third-order valence-corrected chi connectivity index (χ3v) is 13.0. The number of rotatable bonds is 21. The van der Waals surface area contributed by atoms with Gasteiger partial charge in [-0.2, -0.15) is 0 Å². The minimum atomic E-state index is -1.09. The number of urea groups is 1. The van der Waals surface area contributed by atoms with Gasteiger partial charge in [-0.05, 0) is 48.6 Å². The summed E-state index contributed by atoms with van der Waals surface area (Å²) in [5.74, 6) is -0.758. The molecule has 61 heavy (non-hydrogen) atoms. The third kappa shape index (κ3) is 14.5. The number of ether oxygens (including phenoxy) is 2. The summed E-state index contributed by atoms with van der Waals surface area (Å²) in [6.07, 6.45) is 1.72. The van der Waals surface area contributed by atoms with Gasteiger partial charge in [0.25, 0.3) is 0 Å². The molecular weight excluding hydrogens is 837 g/mol.